The van der Waals surface area contributed by atoms with E-state index in [2.05, 4.69) is 5.32 Å². The summed E-state index contributed by atoms with van der Waals surface area (Å²) in [7, 11) is 0. The molecule has 0 fully saturated rings. The Balaban J connectivity index is 2.38. The summed E-state index contributed by atoms with van der Waals surface area (Å²) in [5.74, 6) is -1.33. The second-order valence-corrected chi connectivity index (χ2v) is 4.50. The summed E-state index contributed by atoms with van der Waals surface area (Å²) in [6.45, 7) is 2.89. The topological polar surface area (TPSA) is 69.6 Å². The van der Waals surface area contributed by atoms with Crippen LogP contribution < -0.4 is 5.32 Å². The number of hydrogen-bond acceptors (Lipinski definition) is 3. The smallest absolute Gasteiger partial charge is 0.312 e. The van der Waals surface area contributed by atoms with Gasteiger partial charge in [0.15, 0.2) is 0 Å². The third-order valence-electron chi connectivity index (χ3n) is 2.82. The van der Waals surface area contributed by atoms with E-state index in [1.165, 1.54) is 0 Å². The Morgan fingerprint density at radius 2 is 2.00 bits per heavy atom. The monoisotopic (exact) mass is 251 g/mol. The number of hydrogen-bond donors (Lipinski definition) is 3. The summed E-state index contributed by atoms with van der Waals surface area (Å²) in [4.78, 5) is 11.2. The van der Waals surface area contributed by atoms with E-state index in [9.17, 15) is 9.90 Å². The van der Waals surface area contributed by atoms with Crippen molar-refractivity contribution in [2.24, 2.45) is 0 Å². The van der Waals surface area contributed by atoms with Gasteiger partial charge in [0.05, 0.1) is 12.0 Å². The van der Waals surface area contributed by atoms with Crippen molar-refractivity contribution in [3.8, 4) is 0 Å². The first kappa shape index (κ1) is 14.7. The second-order valence-electron chi connectivity index (χ2n) is 4.50. The fourth-order valence-corrected chi connectivity index (χ4v) is 1.80. The number of aliphatic hydroxyl groups is 1. The van der Waals surface area contributed by atoms with Crippen molar-refractivity contribution in [3.05, 3.63) is 35.9 Å². The highest BCUT2D eigenvalue weighted by molar-refractivity contribution is 5.76. The Morgan fingerprint density at radius 1 is 1.33 bits per heavy atom. The lowest BCUT2D eigenvalue weighted by Crippen LogP contribution is -2.27. The molecular formula is C14H21NO3. The summed E-state index contributed by atoms with van der Waals surface area (Å²) >= 11 is 0. The molecule has 2 atom stereocenters. The van der Waals surface area contributed by atoms with Crippen LogP contribution in [0.25, 0.3) is 0 Å². The van der Waals surface area contributed by atoms with Crippen molar-refractivity contribution in [1.82, 2.24) is 5.32 Å². The van der Waals surface area contributed by atoms with Gasteiger partial charge in [-0.15, -0.1) is 0 Å². The number of carboxylic acids is 1. The maximum Gasteiger partial charge on any atom is 0.312 e. The zero-order valence-electron chi connectivity index (χ0n) is 10.7. The van der Waals surface area contributed by atoms with Crippen LogP contribution in [0.15, 0.2) is 30.3 Å². The number of aliphatic hydroxyl groups excluding tert-OH is 1. The molecule has 1 aromatic carbocycles. The first-order chi connectivity index (χ1) is 8.61. The Hall–Kier alpha value is -1.39. The molecule has 0 aliphatic rings. The molecule has 0 bridgehead atoms. The van der Waals surface area contributed by atoms with Crippen molar-refractivity contribution >= 4 is 5.97 Å². The molecule has 0 radical (unpaired) electrons. The Labute approximate surface area is 108 Å². The van der Waals surface area contributed by atoms with Crippen LogP contribution in [0.4, 0.5) is 0 Å². The molecule has 1 rings (SSSR count). The summed E-state index contributed by atoms with van der Waals surface area (Å²) in [6.07, 6.45) is 1.28. The molecule has 1 aromatic rings. The molecule has 4 heteroatoms. The number of nitrogens with one attached hydrogen (secondary N) is 1. The van der Waals surface area contributed by atoms with Gasteiger partial charge in [0.25, 0.3) is 0 Å². The van der Waals surface area contributed by atoms with E-state index in [-0.39, 0.29) is 6.10 Å². The highest BCUT2D eigenvalue weighted by Gasteiger charge is 2.18. The van der Waals surface area contributed by atoms with E-state index in [1.807, 2.05) is 30.3 Å². The number of carboxylic acid groups (broad SMARTS) is 1. The average molecular weight is 251 g/mol. The Morgan fingerprint density at radius 3 is 2.56 bits per heavy atom. The summed E-state index contributed by atoms with van der Waals surface area (Å²) < 4.78 is 0. The van der Waals surface area contributed by atoms with E-state index in [0.29, 0.717) is 6.54 Å². The SMILES string of the molecule is CC(O)CCCNCC(C(=O)O)c1ccccc1. The number of rotatable bonds is 8. The molecule has 18 heavy (non-hydrogen) atoms. The van der Waals surface area contributed by atoms with Crippen LogP contribution in [-0.2, 0) is 4.79 Å². The maximum atomic E-state index is 11.2. The molecule has 0 spiro atoms. The van der Waals surface area contributed by atoms with Crippen molar-refractivity contribution in [2.75, 3.05) is 13.1 Å². The molecule has 0 aromatic heterocycles. The van der Waals surface area contributed by atoms with Crippen LogP contribution in [0, 0.1) is 0 Å². The van der Waals surface area contributed by atoms with Gasteiger partial charge in [0, 0.05) is 6.54 Å². The van der Waals surface area contributed by atoms with Crippen LogP contribution in [0.1, 0.15) is 31.2 Å². The highest BCUT2D eigenvalue weighted by Crippen LogP contribution is 2.14. The van der Waals surface area contributed by atoms with Gasteiger partial charge in [-0.3, -0.25) is 4.79 Å². The first-order valence-electron chi connectivity index (χ1n) is 6.27. The van der Waals surface area contributed by atoms with Crippen molar-refractivity contribution in [2.45, 2.75) is 31.8 Å². The van der Waals surface area contributed by atoms with Crippen LogP contribution in [0.2, 0.25) is 0 Å². The fraction of sp³-hybridized carbons (Fsp3) is 0.500. The largest absolute Gasteiger partial charge is 0.481 e. The number of benzene rings is 1. The summed E-state index contributed by atoms with van der Waals surface area (Å²) in [5.41, 5.74) is 0.813. The van der Waals surface area contributed by atoms with Crippen molar-refractivity contribution in [3.63, 3.8) is 0 Å². The molecule has 100 valence electrons. The van der Waals surface area contributed by atoms with Gasteiger partial charge < -0.3 is 15.5 Å². The van der Waals surface area contributed by atoms with Gasteiger partial charge in [-0.1, -0.05) is 30.3 Å². The van der Waals surface area contributed by atoms with Gasteiger partial charge in [0.1, 0.15) is 0 Å². The lowest BCUT2D eigenvalue weighted by molar-refractivity contribution is -0.138. The number of aliphatic carboxylic acids is 1. The molecule has 0 aliphatic carbocycles. The minimum atomic E-state index is -0.816. The van der Waals surface area contributed by atoms with Crippen molar-refractivity contribution < 1.29 is 15.0 Å². The molecule has 0 saturated carbocycles. The molecule has 0 saturated heterocycles. The zero-order valence-corrected chi connectivity index (χ0v) is 10.7. The quantitative estimate of drug-likeness (QED) is 0.614. The van der Waals surface area contributed by atoms with Crippen LogP contribution >= 0.6 is 0 Å². The normalized spacial score (nSPS) is 14.1. The average Bonchev–Trinajstić information content (AvgIpc) is 2.34. The van der Waals surface area contributed by atoms with Crippen LogP contribution in [-0.4, -0.2) is 35.4 Å². The van der Waals surface area contributed by atoms with Crippen molar-refractivity contribution in [1.29, 1.82) is 0 Å². The third kappa shape index (κ3) is 5.29. The van der Waals surface area contributed by atoms with E-state index >= 15 is 0 Å². The van der Waals surface area contributed by atoms with E-state index in [1.54, 1.807) is 6.92 Å². The summed E-state index contributed by atoms with van der Waals surface area (Å²) in [5, 5.41) is 21.4. The zero-order chi connectivity index (χ0) is 13.4. The van der Waals surface area contributed by atoms with Gasteiger partial charge in [-0.25, -0.2) is 0 Å². The molecule has 3 N–H and O–H groups in total. The Bertz CT molecular complexity index is 351. The van der Waals surface area contributed by atoms with Gasteiger partial charge in [-0.2, -0.15) is 0 Å². The standard InChI is InChI=1S/C14H21NO3/c1-11(16)6-5-9-15-10-13(14(17)18)12-7-3-2-4-8-12/h2-4,7-8,11,13,15-16H,5-6,9-10H2,1H3,(H,17,18). The van der Waals surface area contributed by atoms with Gasteiger partial charge in [-0.05, 0) is 31.9 Å². The number of carbonyl (C=O) groups is 1. The predicted molar refractivity (Wildman–Crippen MR) is 70.6 cm³/mol. The molecule has 2 unspecified atom stereocenters. The molecule has 0 amide bonds. The van der Waals surface area contributed by atoms with E-state index in [4.69, 9.17) is 5.11 Å². The third-order valence-corrected chi connectivity index (χ3v) is 2.82. The fourth-order valence-electron chi connectivity index (χ4n) is 1.80. The minimum Gasteiger partial charge on any atom is -0.481 e. The minimum absolute atomic E-state index is 0.295. The van der Waals surface area contributed by atoms with Gasteiger partial charge in [0.2, 0.25) is 0 Å². The first-order valence-corrected chi connectivity index (χ1v) is 6.27. The van der Waals surface area contributed by atoms with Crippen LogP contribution in [0.5, 0.6) is 0 Å². The molecule has 0 aliphatic heterocycles. The van der Waals surface area contributed by atoms with E-state index in [0.717, 1.165) is 24.9 Å². The lowest BCUT2D eigenvalue weighted by Gasteiger charge is -2.14. The lowest BCUT2D eigenvalue weighted by atomic mass is 9.99. The second kappa shape index (κ2) is 7.84. The van der Waals surface area contributed by atoms with E-state index < -0.39 is 11.9 Å². The molecule has 0 heterocycles. The van der Waals surface area contributed by atoms with Crippen LogP contribution in [0.3, 0.4) is 0 Å². The predicted octanol–water partition coefficient (Wildman–Crippen LogP) is 1.61. The maximum absolute atomic E-state index is 11.2. The summed E-state index contributed by atoms with van der Waals surface area (Å²) in [6, 6.07) is 9.22. The molecular weight excluding hydrogens is 230 g/mol. The Kier molecular flexibility index (Phi) is 6.39. The molecule has 4 nitrogen and oxygen atoms in total. The van der Waals surface area contributed by atoms with Gasteiger partial charge >= 0.3 is 5.97 Å². The highest BCUT2D eigenvalue weighted by atomic mass is 16.4.